The Balaban J connectivity index is 2.35. The molecule has 2 rings (SSSR count). The molecule has 19 heavy (non-hydrogen) atoms. The summed E-state index contributed by atoms with van der Waals surface area (Å²) in [5.74, 6) is 0. The lowest BCUT2D eigenvalue weighted by atomic mass is 10.1. The zero-order valence-corrected chi connectivity index (χ0v) is 12.8. The maximum atomic E-state index is 4.60. The van der Waals surface area contributed by atoms with Gasteiger partial charge in [0.05, 0.1) is 0 Å². The Labute approximate surface area is 125 Å². The van der Waals surface area contributed by atoms with Crippen molar-refractivity contribution < 1.29 is 0 Å². The zero-order chi connectivity index (χ0) is 13.8. The lowest BCUT2D eigenvalue weighted by molar-refractivity contribution is 1.13. The highest BCUT2D eigenvalue weighted by Gasteiger charge is 2.05. The predicted octanol–water partition coefficient (Wildman–Crippen LogP) is 4.44. The fraction of sp³-hybridized carbons (Fsp3) is 0.125. The second-order valence-corrected chi connectivity index (χ2v) is 5.40. The van der Waals surface area contributed by atoms with Gasteiger partial charge in [0.25, 0.3) is 0 Å². The van der Waals surface area contributed by atoms with Crippen molar-refractivity contribution in [3.63, 3.8) is 0 Å². The summed E-state index contributed by atoms with van der Waals surface area (Å²) in [7, 11) is 4.06. The van der Waals surface area contributed by atoms with Crippen LogP contribution in [-0.4, -0.2) is 14.1 Å². The van der Waals surface area contributed by atoms with E-state index in [9.17, 15) is 0 Å². The monoisotopic (exact) mass is 287 g/mol. The topological polar surface area (TPSA) is 3.24 Å². The molecule has 0 spiro atoms. The van der Waals surface area contributed by atoms with Crippen LogP contribution in [-0.2, 0) is 0 Å². The normalized spacial score (nSPS) is 12.0. The van der Waals surface area contributed by atoms with Crippen molar-refractivity contribution in [2.75, 3.05) is 19.0 Å². The Kier molecular flexibility index (Phi) is 4.61. The molecule has 0 atom stereocenters. The Hall–Kier alpha value is -1.32. The van der Waals surface area contributed by atoms with E-state index in [1.165, 1.54) is 5.69 Å². The first-order chi connectivity index (χ1) is 9.09. The van der Waals surface area contributed by atoms with Gasteiger partial charge in [-0.05, 0) is 23.3 Å². The van der Waals surface area contributed by atoms with E-state index in [4.69, 9.17) is 0 Å². The molecule has 0 fully saturated rings. The van der Waals surface area contributed by atoms with Crippen LogP contribution in [0.4, 0.5) is 5.69 Å². The molecule has 0 saturated carbocycles. The molecular formula is C16H17NS2. The lowest BCUT2D eigenvalue weighted by Crippen LogP contribution is -2.08. The first-order valence-corrected chi connectivity index (χ1v) is 6.94. The van der Waals surface area contributed by atoms with Crippen LogP contribution in [0, 0.1) is 0 Å². The van der Waals surface area contributed by atoms with Crippen molar-refractivity contribution in [1.82, 2.24) is 0 Å². The van der Waals surface area contributed by atoms with Crippen molar-refractivity contribution in [2.24, 2.45) is 0 Å². The molecule has 0 aliphatic rings. The molecule has 0 N–H and O–H groups in total. The van der Waals surface area contributed by atoms with E-state index >= 15 is 0 Å². The minimum absolute atomic E-state index is 0.889. The highest BCUT2D eigenvalue weighted by atomic mass is 32.1. The largest absolute Gasteiger partial charge is 0.378 e. The van der Waals surface area contributed by atoms with E-state index in [1.807, 2.05) is 44.4 Å². The molecule has 0 aliphatic heterocycles. The summed E-state index contributed by atoms with van der Waals surface area (Å²) in [4.78, 5) is 3.85. The number of nitrogens with zero attached hydrogens (tertiary/aromatic N) is 1. The maximum absolute atomic E-state index is 4.60. The lowest BCUT2D eigenvalue weighted by Gasteiger charge is -2.13. The van der Waals surface area contributed by atoms with Gasteiger partial charge in [0.2, 0.25) is 0 Å². The molecule has 3 heteroatoms. The van der Waals surface area contributed by atoms with Crippen LogP contribution >= 0.6 is 25.3 Å². The van der Waals surface area contributed by atoms with Gasteiger partial charge >= 0.3 is 0 Å². The summed E-state index contributed by atoms with van der Waals surface area (Å²) in [5, 5.41) is 0. The van der Waals surface area contributed by atoms with Gasteiger partial charge < -0.3 is 4.90 Å². The number of thiol groups is 2. The van der Waals surface area contributed by atoms with Gasteiger partial charge in [0.1, 0.15) is 0 Å². The molecule has 1 nitrogen and oxygen atoms in total. The van der Waals surface area contributed by atoms with Gasteiger partial charge in [-0.2, -0.15) is 0 Å². The third kappa shape index (κ3) is 3.37. The Bertz CT molecular complexity index is 571. The fourth-order valence-corrected chi connectivity index (χ4v) is 2.34. The molecule has 0 heterocycles. The molecule has 0 aromatic heterocycles. The number of hydrogen-bond donors (Lipinski definition) is 2. The molecule has 0 radical (unpaired) electrons. The number of rotatable bonds is 3. The highest BCUT2D eigenvalue weighted by Crippen LogP contribution is 2.32. The molecule has 0 aliphatic carbocycles. The van der Waals surface area contributed by atoms with Crippen LogP contribution in [0.5, 0.6) is 0 Å². The van der Waals surface area contributed by atoms with Crippen LogP contribution in [0.25, 0.3) is 9.81 Å². The Morgan fingerprint density at radius 2 is 1.21 bits per heavy atom. The molecule has 0 bridgehead atoms. The van der Waals surface area contributed by atoms with Crippen LogP contribution in [0.2, 0.25) is 0 Å². The van der Waals surface area contributed by atoms with Gasteiger partial charge in [-0.3, -0.25) is 0 Å². The van der Waals surface area contributed by atoms with E-state index in [2.05, 4.69) is 54.4 Å². The third-order valence-electron chi connectivity index (χ3n) is 2.93. The van der Waals surface area contributed by atoms with Crippen LogP contribution in [0.1, 0.15) is 11.1 Å². The van der Waals surface area contributed by atoms with Gasteiger partial charge in [-0.25, -0.2) is 0 Å². The average molecular weight is 287 g/mol. The molecule has 0 amide bonds. The van der Waals surface area contributed by atoms with Crippen LogP contribution < -0.4 is 4.90 Å². The van der Waals surface area contributed by atoms with E-state index < -0.39 is 0 Å². The summed E-state index contributed by atoms with van der Waals surface area (Å²) in [6.07, 6.45) is 0. The van der Waals surface area contributed by atoms with Gasteiger partial charge in [0, 0.05) is 29.6 Å². The van der Waals surface area contributed by atoms with Crippen molar-refractivity contribution in [1.29, 1.82) is 0 Å². The number of benzene rings is 2. The standard InChI is InChI=1S/C16H17NS2/c1-17(2)14-10-8-13(9-11-14)16(19)15(18)12-6-4-3-5-7-12/h3-11,18-19H,1-2H3/b16-15-. The van der Waals surface area contributed by atoms with Crippen molar-refractivity contribution in [3.05, 3.63) is 65.7 Å². The van der Waals surface area contributed by atoms with Crippen molar-refractivity contribution in [3.8, 4) is 0 Å². The molecule has 2 aromatic carbocycles. The Morgan fingerprint density at radius 1 is 0.737 bits per heavy atom. The number of hydrogen-bond acceptors (Lipinski definition) is 3. The molecular weight excluding hydrogens is 270 g/mol. The zero-order valence-electron chi connectivity index (χ0n) is 11.0. The molecule has 0 unspecified atom stereocenters. The van der Waals surface area contributed by atoms with E-state index in [-0.39, 0.29) is 0 Å². The first kappa shape index (κ1) is 14.1. The predicted molar refractivity (Wildman–Crippen MR) is 92.0 cm³/mol. The van der Waals surface area contributed by atoms with Crippen LogP contribution in [0.3, 0.4) is 0 Å². The summed E-state index contributed by atoms with van der Waals surface area (Å²) in [5.41, 5.74) is 3.32. The quantitative estimate of drug-likeness (QED) is 0.623. The third-order valence-corrected chi connectivity index (χ3v) is 4.07. The van der Waals surface area contributed by atoms with Gasteiger partial charge in [0.15, 0.2) is 0 Å². The summed E-state index contributed by atoms with van der Waals surface area (Å²) in [6, 6.07) is 18.4. The SMILES string of the molecule is CN(C)c1ccc(/C(S)=C(/S)c2ccccc2)cc1. The average Bonchev–Trinajstić information content (AvgIpc) is 2.46. The fourth-order valence-electron chi connectivity index (χ4n) is 1.79. The van der Waals surface area contributed by atoms with E-state index in [1.54, 1.807) is 0 Å². The minimum Gasteiger partial charge on any atom is -0.378 e. The second-order valence-electron chi connectivity index (χ2n) is 4.50. The first-order valence-electron chi connectivity index (χ1n) is 6.05. The van der Waals surface area contributed by atoms with E-state index in [0.29, 0.717) is 0 Å². The summed E-state index contributed by atoms with van der Waals surface area (Å²) < 4.78 is 0. The molecule has 98 valence electrons. The van der Waals surface area contributed by atoms with Gasteiger partial charge in [-0.15, -0.1) is 25.3 Å². The van der Waals surface area contributed by atoms with Crippen molar-refractivity contribution >= 4 is 40.8 Å². The van der Waals surface area contributed by atoms with Crippen molar-refractivity contribution in [2.45, 2.75) is 0 Å². The second kappa shape index (κ2) is 6.22. The van der Waals surface area contributed by atoms with Gasteiger partial charge in [-0.1, -0.05) is 42.5 Å². The summed E-state index contributed by atoms with van der Waals surface area (Å²) in [6.45, 7) is 0. The number of anilines is 1. The summed E-state index contributed by atoms with van der Waals surface area (Å²) >= 11 is 9.19. The van der Waals surface area contributed by atoms with Crippen LogP contribution in [0.15, 0.2) is 54.6 Å². The van der Waals surface area contributed by atoms with E-state index in [0.717, 1.165) is 20.9 Å². The Morgan fingerprint density at radius 3 is 1.68 bits per heavy atom. The maximum Gasteiger partial charge on any atom is 0.0361 e. The minimum atomic E-state index is 0.889. The smallest absolute Gasteiger partial charge is 0.0361 e. The molecule has 0 saturated heterocycles. The molecule has 2 aromatic rings. The highest BCUT2D eigenvalue weighted by molar-refractivity contribution is 7.96.